The van der Waals surface area contributed by atoms with Crippen LogP contribution in [0.2, 0.25) is 0 Å². The summed E-state index contributed by atoms with van der Waals surface area (Å²) in [7, 11) is 0. The molecule has 216 valence electrons. The molecule has 0 radical (unpaired) electrons. The van der Waals surface area contributed by atoms with Gasteiger partial charge >= 0.3 is 12.1 Å². The van der Waals surface area contributed by atoms with Crippen molar-refractivity contribution in [2.45, 2.75) is 57.7 Å². The Kier molecular flexibility index (Phi) is 8.59. The van der Waals surface area contributed by atoms with Crippen molar-refractivity contribution in [1.29, 1.82) is 0 Å². The first kappa shape index (κ1) is 29.2. The Hall–Kier alpha value is -3.77. The number of halogens is 5. The van der Waals surface area contributed by atoms with Crippen molar-refractivity contribution in [3.05, 3.63) is 53.5 Å². The zero-order chi connectivity index (χ0) is 29.2. The molecule has 1 aliphatic heterocycles. The van der Waals surface area contributed by atoms with E-state index < -0.39 is 29.7 Å². The van der Waals surface area contributed by atoms with E-state index in [0.717, 1.165) is 53.9 Å². The van der Waals surface area contributed by atoms with Crippen molar-refractivity contribution in [2.24, 2.45) is 5.92 Å². The van der Waals surface area contributed by atoms with Crippen LogP contribution in [0.5, 0.6) is 0 Å². The number of carboxylic acids is 1. The lowest BCUT2D eigenvalue weighted by Gasteiger charge is -2.32. The number of imidazole rings is 1. The van der Waals surface area contributed by atoms with Crippen molar-refractivity contribution in [3.8, 4) is 0 Å². The number of benzene rings is 1. The largest absolute Gasteiger partial charge is 0.490 e. The van der Waals surface area contributed by atoms with E-state index >= 15 is 0 Å². The second-order valence-electron chi connectivity index (χ2n) is 10.3. The van der Waals surface area contributed by atoms with Crippen LogP contribution in [-0.4, -0.2) is 62.2 Å². The van der Waals surface area contributed by atoms with Gasteiger partial charge in [-0.05, 0) is 63.6 Å². The minimum absolute atomic E-state index is 0.188. The lowest BCUT2D eigenvalue weighted by atomic mass is 9.92. The first-order chi connectivity index (χ1) is 18.9. The highest BCUT2D eigenvalue weighted by Gasteiger charge is 2.38. The van der Waals surface area contributed by atoms with E-state index in [4.69, 9.17) is 14.9 Å². The number of carbonyl (C=O) groups excluding carboxylic acids is 1. The van der Waals surface area contributed by atoms with Crippen molar-refractivity contribution in [3.63, 3.8) is 0 Å². The second-order valence-corrected chi connectivity index (χ2v) is 10.3. The Labute approximate surface area is 227 Å². The molecule has 1 aromatic carbocycles. The smallest absolute Gasteiger partial charge is 0.475 e. The van der Waals surface area contributed by atoms with Crippen molar-refractivity contribution in [1.82, 2.24) is 19.4 Å². The molecule has 3 aromatic rings. The summed E-state index contributed by atoms with van der Waals surface area (Å²) in [6, 6.07) is 6.14. The molecule has 1 amide bonds. The molecule has 2 aliphatic rings. The number of fused-ring (bicyclic) bond motifs is 1. The Bertz CT molecular complexity index is 1380. The second kappa shape index (κ2) is 11.8. The van der Waals surface area contributed by atoms with Gasteiger partial charge in [0.05, 0.1) is 17.4 Å². The number of piperidine rings is 1. The quantitative estimate of drug-likeness (QED) is 0.367. The summed E-state index contributed by atoms with van der Waals surface area (Å²) in [4.78, 5) is 32.8. The van der Waals surface area contributed by atoms with Gasteiger partial charge in [0.25, 0.3) is 5.91 Å². The average Bonchev–Trinajstić information content (AvgIpc) is 3.64. The maximum Gasteiger partial charge on any atom is 0.490 e. The summed E-state index contributed by atoms with van der Waals surface area (Å²) in [6.45, 7) is 6.13. The monoisotopic (exact) mass is 567 g/mol. The number of nitrogens with one attached hydrogen (secondary N) is 1. The molecular weight excluding hydrogens is 537 g/mol. The highest BCUT2D eigenvalue weighted by Crippen LogP contribution is 2.34. The van der Waals surface area contributed by atoms with E-state index in [1.807, 2.05) is 6.33 Å². The van der Waals surface area contributed by atoms with Gasteiger partial charge in [-0.25, -0.2) is 23.5 Å². The predicted octanol–water partition coefficient (Wildman–Crippen LogP) is 5.77. The lowest BCUT2D eigenvalue weighted by molar-refractivity contribution is -0.192. The summed E-state index contributed by atoms with van der Waals surface area (Å²) in [6.07, 6.45) is 0.749. The van der Waals surface area contributed by atoms with E-state index in [1.54, 1.807) is 4.90 Å². The van der Waals surface area contributed by atoms with Gasteiger partial charge < -0.3 is 19.9 Å². The number of rotatable bonds is 6. The number of carboxylic acid groups (broad SMARTS) is 1. The molecule has 0 spiro atoms. The van der Waals surface area contributed by atoms with E-state index in [9.17, 15) is 26.7 Å². The van der Waals surface area contributed by atoms with Gasteiger partial charge in [0.2, 0.25) is 0 Å². The molecule has 1 saturated carbocycles. The van der Waals surface area contributed by atoms with Crippen LogP contribution in [0.1, 0.15) is 67.5 Å². The topological polar surface area (TPSA) is 100 Å². The number of aromatic nitrogens is 3. The fourth-order valence-corrected chi connectivity index (χ4v) is 4.57. The highest BCUT2D eigenvalue weighted by atomic mass is 19.4. The normalized spacial score (nSPS) is 16.1. The Balaban J connectivity index is 0.000000470. The van der Waals surface area contributed by atoms with E-state index in [2.05, 4.69) is 34.8 Å². The molecule has 1 saturated heterocycles. The van der Waals surface area contributed by atoms with Crippen LogP contribution in [0.15, 0.2) is 30.6 Å². The number of carbonyl (C=O) groups is 2. The van der Waals surface area contributed by atoms with Gasteiger partial charge in [0.15, 0.2) is 17.5 Å². The molecule has 2 fully saturated rings. The minimum Gasteiger partial charge on any atom is -0.475 e. The first-order valence-electron chi connectivity index (χ1n) is 13.0. The molecule has 0 atom stereocenters. The number of aliphatic carboxylic acids is 1. The maximum atomic E-state index is 14.1. The van der Waals surface area contributed by atoms with Crippen LogP contribution in [0.3, 0.4) is 0 Å². The average molecular weight is 568 g/mol. The number of anilines is 1. The van der Waals surface area contributed by atoms with E-state index in [-0.39, 0.29) is 17.5 Å². The third-order valence-electron chi connectivity index (χ3n) is 7.02. The molecule has 3 heterocycles. The molecule has 2 aromatic heterocycles. The molecule has 0 unspecified atom stereocenters. The highest BCUT2D eigenvalue weighted by molar-refractivity contribution is 5.94. The third kappa shape index (κ3) is 6.68. The van der Waals surface area contributed by atoms with Gasteiger partial charge in [0, 0.05) is 37.3 Å². The van der Waals surface area contributed by atoms with Gasteiger partial charge in [-0.1, -0.05) is 6.07 Å². The predicted molar refractivity (Wildman–Crippen MR) is 137 cm³/mol. The van der Waals surface area contributed by atoms with E-state index in [1.165, 1.54) is 25.0 Å². The van der Waals surface area contributed by atoms with Crippen LogP contribution >= 0.6 is 0 Å². The lowest BCUT2D eigenvalue weighted by Crippen LogP contribution is -2.38. The van der Waals surface area contributed by atoms with Crippen LogP contribution in [0.25, 0.3) is 11.0 Å². The SMILES string of the molecule is CC(C)n1cnc2c(NCC3CC3)nc(C3CCN(C(=O)c4cccc(F)c4F)CC3)cc21.O=C(O)C(F)(F)F. The fourth-order valence-electron chi connectivity index (χ4n) is 4.57. The summed E-state index contributed by atoms with van der Waals surface area (Å²) >= 11 is 0. The first-order valence-corrected chi connectivity index (χ1v) is 13.0. The number of hydrogen-bond donors (Lipinski definition) is 2. The zero-order valence-electron chi connectivity index (χ0n) is 22.0. The number of alkyl halides is 3. The third-order valence-corrected chi connectivity index (χ3v) is 7.02. The van der Waals surface area contributed by atoms with Crippen molar-refractivity contribution < 1.29 is 36.6 Å². The van der Waals surface area contributed by atoms with Crippen LogP contribution in [-0.2, 0) is 4.79 Å². The molecule has 1 aliphatic carbocycles. The Morgan fingerprint density at radius 2 is 1.77 bits per heavy atom. The summed E-state index contributed by atoms with van der Waals surface area (Å²) < 4.78 is 61.6. The fraction of sp³-hybridized carbons (Fsp3) is 0.481. The molecule has 0 bridgehead atoms. The molecule has 5 rings (SSSR count). The number of hydrogen-bond acceptors (Lipinski definition) is 5. The van der Waals surface area contributed by atoms with E-state index in [0.29, 0.717) is 13.1 Å². The van der Waals surface area contributed by atoms with Crippen molar-refractivity contribution >= 4 is 28.7 Å². The Morgan fingerprint density at radius 1 is 1.12 bits per heavy atom. The summed E-state index contributed by atoms with van der Waals surface area (Å²) in [5.74, 6) is -3.56. The molecule has 40 heavy (non-hydrogen) atoms. The molecular formula is C27H30F5N5O3. The number of nitrogens with zero attached hydrogens (tertiary/aromatic N) is 4. The van der Waals surface area contributed by atoms with Gasteiger partial charge in [0.1, 0.15) is 5.52 Å². The van der Waals surface area contributed by atoms with Gasteiger partial charge in [-0.2, -0.15) is 13.2 Å². The standard InChI is InChI=1S/C25H29F2N5O.C2HF3O2/c1-15(2)32-14-29-23-21(32)12-20(30-24(23)28-13-16-6-7-16)17-8-10-31(11-9-17)25(33)18-4-3-5-19(26)22(18)27;3-2(4,5)1(6)7/h3-5,12,14-17H,6-11,13H2,1-2H3,(H,28,30);(H,6,7). The molecule has 2 N–H and O–H groups in total. The van der Waals surface area contributed by atoms with Gasteiger partial charge in [-0.3, -0.25) is 4.79 Å². The number of pyridine rings is 1. The number of likely N-dealkylation sites (tertiary alicyclic amines) is 1. The Morgan fingerprint density at radius 3 is 2.35 bits per heavy atom. The summed E-state index contributed by atoms with van der Waals surface area (Å²) in [5, 5.41) is 10.6. The van der Waals surface area contributed by atoms with Crippen LogP contribution < -0.4 is 5.32 Å². The minimum atomic E-state index is -5.08. The molecule has 13 heteroatoms. The number of amides is 1. The zero-order valence-corrected chi connectivity index (χ0v) is 22.0. The van der Waals surface area contributed by atoms with Crippen molar-refractivity contribution in [2.75, 3.05) is 25.0 Å². The van der Waals surface area contributed by atoms with Crippen LogP contribution in [0.4, 0.5) is 27.8 Å². The molecule has 8 nitrogen and oxygen atoms in total. The van der Waals surface area contributed by atoms with Gasteiger partial charge in [-0.15, -0.1) is 0 Å². The van der Waals surface area contributed by atoms with Crippen LogP contribution in [0, 0.1) is 17.6 Å². The maximum absolute atomic E-state index is 14.1. The summed E-state index contributed by atoms with van der Waals surface area (Å²) in [5.41, 5.74) is 2.74.